The van der Waals surface area contributed by atoms with Crippen LogP contribution in [0.2, 0.25) is 0 Å². The molecule has 4 rings (SSSR count). The van der Waals surface area contributed by atoms with Crippen LogP contribution < -0.4 is 16.0 Å². The zero-order chi connectivity index (χ0) is 39.9. The fraction of sp³-hybridized carbons (Fsp3) is 0.432. The minimum atomic E-state index is -1.02. The topological polar surface area (TPSA) is 275 Å². The lowest BCUT2D eigenvalue weighted by Crippen LogP contribution is -2.61. The van der Waals surface area contributed by atoms with Gasteiger partial charge >= 0.3 is 0 Å². The molecule has 18 nitrogen and oxygen atoms in total. The summed E-state index contributed by atoms with van der Waals surface area (Å²) >= 11 is 0. The number of carbonyl (C=O) groups excluding carboxylic acids is 3. The molecule has 18 heteroatoms. The molecule has 3 aromatic carbocycles. The maximum atomic E-state index is 12.6. The number of aliphatic hydroxyl groups excluding tert-OH is 1. The van der Waals surface area contributed by atoms with Crippen molar-refractivity contribution < 1.29 is 73.8 Å². The first-order chi connectivity index (χ1) is 26.5. The van der Waals surface area contributed by atoms with Crippen molar-refractivity contribution in [2.45, 2.75) is 50.0 Å². The van der Waals surface area contributed by atoms with Crippen molar-refractivity contribution in [2.75, 3.05) is 53.2 Å². The third-order valence-electron chi connectivity index (χ3n) is 8.53. The number of aliphatic hydroxyl groups is 1. The number of amides is 3. The molecule has 5 atom stereocenters. The van der Waals surface area contributed by atoms with E-state index in [0.29, 0.717) is 6.42 Å². The van der Waals surface area contributed by atoms with Gasteiger partial charge in [-0.05, 0) is 55.7 Å². The quantitative estimate of drug-likeness (QED) is 0.0571. The van der Waals surface area contributed by atoms with Gasteiger partial charge in [-0.2, -0.15) is 0 Å². The first kappa shape index (κ1) is 42.4. The molecule has 1 saturated heterocycles. The van der Waals surface area contributed by atoms with Gasteiger partial charge in [0.25, 0.3) is 17.7 Å². The predicted molar refractivity (Wildman–Crippen MR) is 192 cm³/mol. The van der Waals surface area contributed by atoms with Crippen molar-refractivity contribution in [1.82, 2.24) is 16.0 Å². The number of ether oxygens (including phenoxy) is 5. The molecule has 0 unspecified atom stereocenters. The molecule has 300 valence electrons. The Kier molecular flexibility index (Phi) is 16.1. The van der Waals surface area contributed by atoms with Gasteiger partial charge in [-0.15, -0.1) is 0 Å². The molecule has 1 heterocycles. The SMILES string of the molecule is CO[C@H]1O[C@H](CO)[C@@H](OCCCNC(=O)c2cccc(O)c2O)[C@H](OCCCNC(=O)c2cccc(O)c2O)[C@H]1OCCCNC(=O)c1cccc(O)c1O. The van der Waals surface area contributed by atoms with E-state index in [1.54, 1.807) is 0 Å². The number of hydrogen-bond acceptors (Lipinski definition) is 15. The molecule has 1 aliphatic rings. The number of rotatable bonds is 20. The van der Waals surface area contributed by atoms with E-state index in [2.05, 4.69) is 16.0 Å². The standard InChI is InChI=1S/C37H47N3O15/c1-51-37-33(54-19-7-16-40-36(50)23-10-4-13-26(44)30(23)47)32(53-18-6-15-39-35(49)22-9-3-12-25(43)29(22)46)31(27(20-41)55-37)52-17-5-14-38-34(48)21-8-2-11-24(42)28(21)45/h2-4,8-13,27,31-33,37,41-47H,5-7,14-20H2,1H3,(H,38,48)(H,39,49)(H,40,50)/t27-,31-,32+,33-,37+/m1/s1. The second-order valence-electron chi connectivity index (χ2n) is 12.3. The van der Waals surface area contributed by atoms with Gasteiger partial charge in [0.2, 0.25) is 0 Å². The van der Waals surface area contributed by atoms with E-state index in [1.165, 1.54) is 61.7 Å². The normalized spacial score (nSPS) is 19.4. The molecule has 10 N–H and O–H groups in total. The van der Waals surface area contributed by atoms with Crippen molar-refractivity contribution in [3.8, 4) is 34.5 Å². The Bertz CT molecular complexity index is 1650. The highest BCUT2D eigenvalue weighted by molar-refractivity contribution is 5.98. The van der Waals surface area contributed by atoms with Crippen molar-refractivity contribution in [3.05, 3.63) is 71.3 Å². The summed E-state index contributed by atoms with van der Waals surface area (Å²) in [5, 5.41) is 77.3. The molecule has 0 spiro atoms. The summed E-state index contributed by atoms with van der Waals surface area (Å²) < 4.78 is 30.1. The van der Waals surface area contributed by atoms with Crippen LogP contribution in [-0.2, 0) is 23.7 Å². The molecule has 1 aliphatic heterocycles. The van der Waals surface area contributed by atoms with E-state index in [-0.39, 0.29) is 69.0 Å². The van der Waals surface area contributed by atoms with Crippen LogP contribution in [0.3, 0.4) is 0 Å². The van der Waals surface area contributed by atoms with Crippen LogP contribution in [0.25, 0.3) is 0 Å². The summed E-state index contributed by atoms with van der Waals surface area (Å²) in [4.78, 5) is 37.7. The van der Waals surface area contributed by atoms with E-state index in [1.807, 2.05) is 0 Å². The van der Waals surface area contributed by atoms with Crippen molar-refractivity contribution >= 4 is 17.7 Å². The van der Waals surface area contributed by atoms with Crippen LogP contribution in [-0.4, -0.2) is 137 Å². The number of phenolic OH excluding ortho intramolecular Hbond substituents is 6. The maximum Gasteiger partial charge on any atom is 0.255 e. The average molecular weight is 774 g/mol. The first-order valence-corrected chi connectivity index (χ1v) is 17.5. The Balaban J connectivity index is 1.37. The number of phenols is 6. The molecule has 0 bridgehead atoms. The summed E-state index contributed by atoms with van der Waals surface area (Å²) in [5.41, 5.74) is -0.310. The number of carbonyl (C=O) groups is 3. The Labute approximate surface area is 316 Å². The van der Waals surface area contributed by atoms with Crippen molar-refractivity contribution in [1.29, 1.82) is 0 Å². The zero-order valence-corrected chi connectivity index (χ0v) is 30.1. The Morgan fingerprint density at radius 3 is 1.31 bits per heavy atom. The number of para-hydroxylation sites is 3. The van der Waals surface area contributed by atoms with E-state index in [0.717, 1.165) is 0 Å². The van der Waals surface area contributed by atoms with E-state index >= 15 is 0 Å². The lowest BCUT2D eigenvalue weighted by Gasteiger charge is -2.45. The van der Waals surface area contributed by atoms with Gasteiger partial charge in [0.15, 0.2) is 40.8 Å². The van der Waals surface area contributed by atoms with Gasteiger partial charge in [-0.3, -0.25) is 14.4 Å². The smallest absolute Gasteiger partial charge is 0.255 e. The minimum absolute atomic E-state index is 0.0538. The average Bonchev–Trinajstić information content (AvgIpc) is 3.17. The molecule has 1 fully saturated rings. The maximum absolute atomic E-state index is 12.6. The Morgan fingerprint density at radius 1 is 0.582 bits per heavy atom. The van der Waals surface area contributed by atoms with Gasteiger partial charge in [0, 0.05) is 46.6 Å². The van der Waals surface area contributed by atoms with Gasteiger partial charge in [0.05, 0.1) is 23.3 Å². The highest BCUT2D eigenvalue weighted by Crippen LogP contribution is 2.31. The summed E-state index contributed by atoms with van der Waals surface area (Å²) in [6.07, 6.45) is -3.84. The summed E-state index contributed by atoms with van der Waals surface area (Å²) in [6.45, 7) is 0.0588. The lowest BCUT2D eigenvalue weighted by molar-refractivity contribution is -0.316. The monoisotopic (exact) mass is 773 g/mol. The highest BCUT2D eigenvalue weighted by atomic mass is 16.7. The fourth-order valence-electron chi connectivity index (χ4n) is 5.69. The molecule has 0 radical (unpaired) electrons. The van der Waals surface area contributed by atoms with E-state index < -0.39 is 89.5 Å². The number of hydrogen-bond donors (Lipinski definition) is 10. The lowest BCUT2D eigenvalue weighted by atomic mass is 9.98. The fourth-order valence-corrected chi connectivity index (χ4v) is 5.69. The summed E-state index contributed by atoms with van der Waals surface area (Å²) in [6, 6.07) is 12.1. The summed E-state index contributed by atoms with van der Waals surface area (Å²) in [5.74, 6) is -4.76. The van der Waals surface area contributed by atoms with Crippen LogP contribution >= 0.6 is 0 Å². The van der Waals surface area contributed by atoms with Crippen LogP contribution in [0.4, 0.5) is 0 Å². The summed E-state index contributed by atoms with van der Waals surface area (Å²) in [7, 11) is 1.38. The molecule has 3 aromatic rings. The molecule has 55 heavy (non-hydrogen) atoms. The van der Waals surface area contributed by atoms with Crippen LogP contribution in [0.15, 0.2) is 54.6 Å². The Morgan fingerprint density at radius 2 is 0.945 bits per heavy atom. The number of aromatic hydroxyl groups is 6. The number of benzene rings is 3. The van der Waals surface area contributed by atoms with Crippen molar-refractivity contribution in [3.63, 3.8) is 0 Å². The molecular weight excluding hydrogens is 726 g/mol. The largest absolute Gasteiger partial charge is 0.504 e. The van der Waals surface area contributed by atoms with Gasteiger partial charge < -0.3 is 75.4 Å². The predicted octanol–water partition coefficient (Wildman–Crippen LogP) is 1.20. The number of methoxy groups -OCH3 is 1. The van der Waals surface area contributed by atoms with E-state index in [9.17, 15) is 50.1 Å². The van der Waals surface area contributed by atoms with Crippen molar-refractivity contribution in [2.24, 2.45) is 0 Å². The molecule has 0 aromatic heterocycles. The third kappa shape index (κ3) is 11.3. The van der Waals surface area contributed by atoms with Crippen LogP contribution in [0.1, 0.15) is 50.3 Å². The van der Waals surface area contributed by atoms with Gasteiger partial charge in [0.1, 0.15) is 24.4 Å². The number of nitrogens with one attached hydrogen (secondary N) is 3. The minimum Gasteiger partial charge on any atom is -0.504 e. The van der Waals surface area contributed by atoms with Gasteiger partial charge in [-0.25, -0.2) is 0 Å². The molecule has 3 amide bonds. The van der Waals surface area contributed by atoms with Crippen LogP contribution in [0.5, 0.6) is 34.5 Å². The first-order valence-electron chi connectivity index (χ1n) is 17.5. The zero-order valence-electron chi connectivity index (χ0n) is 30.1. The second kappa shape index (κ2) is 20.9. The Hall–Kier alpha value is -5.37. The molecular formula is C37H47N3O15. The third-order valence-corrected chi connectivity index (χ3v) is 8.53. The molecule has 0 aliphatic carbocycles. The van der Waals surface area contributed by atoms with Gasteiger partial charge in [-0.1, -0.05) is 18.2 Å². The van der Waals surface area contributed by atoms with Crippen LogP contribution in [0, 0.1) is 0 Å². The highest BCUT2D eigenvalue weighted by Gasteiger charge is 2.48. The molecule has 0 saturated carbocycles. The second-order valence-corrected chi connectivity index (χ2v) is 12.3. The van der Waals surface area contributed by atoms with E-state index in [4.69, 9.17) is 23.7 Å².